The number of nitrogens with one attached hydrogen (secondary N) is 2. The Bertz CT molecular complexity index is 1140. The van der Waals surface area contributed by atoms with Gasteiger partial charge < -0.3 is 10.3 Å². The summed E-state index contributed by atoms with van der Waals surface area (Å²) in [7, 11) is 0. The molecule has 2 aromatic carbocycles. The third kappa shape index (κ3) is 3.00. The summed E-state index contributed by atoms with van der Waals surface area (Å²) in [5.41, 5.74) is 2.86. The molecule has 1 amide bonds. The normalized spacial score (nSPS) is 10.6. The first kappa shape index (κ1) is 16.2. The fourth-order valence-corrected chi connectivity index (χ4v) is 3.24. The summed E-state index contributed by atoms with van der Waals surface area (Å²) in [6.45, 7) is 0. The average Bonchev–Trinajstić information content (AvgIpc) is 2.69. The van der Waals surface area contributed by atoms with Crippen molar-refractivity contribution < 1.29 is 4.79 Å². The molecule has 0 aliphatic carbocycles. The van der Waals surface area contributed by atoms with E-state index in [9.17, 15) is 4.79 Å². The van der Waals surface area contributed by atoms with E-state index in [2.05, 4.69) is 15.3 Å². The largest absolute Gasteiger partial charge is 0.341 e. The second kappa shape index (κ2) is 6.90. The van der Waals surface area contributed by atoms with Crippen LogP contribution < -0.4 is 5.32 Å². The van der Waals surface area contributed by atoms with Crippen LogP contribution in [0.15, 0.2) is 79.0 Å². The summed E-state index contributed by atoms with van der Waals surface area (Å²) in [6.07, 6.45) is 1.71. The monoisotopic (exact) mass is 357 g/mol. The number of rotatable bonds is 3. The van der Waals surface area contributed by atoms with Crippen molar-refractivity contribution >= 4 is 34.8 Å². The Labute approximate surface area is 155 Å². The zero-order chi connectivity index (χ0) is 17.9. The zero-order valence-electron chi connectivity index (χ0n) is 13.8. The van der Waals surface area contributed by atoms with Gasteiger partial charge in [0.15, 0.2) is 0 Å². The first-order valence-corrected chi connectivity index (χ1v) is 8.58. The van der Waals surface area contributed by atoms with Crippen molar-refractivity contribution in [3.63, 3.8) is 0 Å². The van der Waals surface area contributed by atoms with Crippen LogP contribution in [0.5, 0.6) is 0 Å². The summed E-state index contributed by atoms with van der Waals surface area (Å²) < 4.78 is 0.654. The van der Waals surface area contributed by atoms with Gasteiger partial charge in [-0.05, 0) is 30.3 Å². The maximum Gasteiger partial charge on any atom is 0.256 e. The average molecular weight is 357 g/mol. The second-order valence-electron chi connectivity index (χ2n) is 5.78. The highest BCUT2D eigenvalue weighted by molar-refractivity contribution is 7.71. The molecule has 0 aliphatic rings. The lowest BCUT2D eigenvalue weighted by Crippen LogP contribution is -2.14. The molecule has 5 heteroatoms. The Morgan fingerprint density at radius 1 is 0.923 bits per heavy atom. The first-order chi connectivity index (χ1) is 12.7. The number of benzene rings is 2. The van der Waals surface area contributed by atoms with Crippen molar-refractivity contribution in [1.29, 1.82) is 0 Å². The zero-order valence-corrected chi connectivity index (χ0v) is 14.6. The van der Waals surface area contributed by atoms with Gasteiger partial charge in [-0.15, -0.1) is 0 Å². The lowest BCUT2D eigenvalue weighted by molar-refractivity contribution is 0.102. The van der Waals surface area contributed by atoms with Gasteiger partial charge in [0.05, 0.1) is 15.8 Å². The number of fused-ring (bicyclic) bond motifs is 1. The number of hydrogen-bond donors (Lipinski definition) is 2. The summed E-state index contributed by atoms with van der Waals surface area (Å²) in [5.74, 6) is 0.338. The highest BCUT2D eigenvalue weighted by Crippen LogP contribution is 2.31. The number of anilines is 1. The molecule has 4 aromatic rings. The van der Waals surface area contributed by atoms with Crippen LogP contribution in [0, 0.1) is 4.51 Å². The van der Waals surface area contributed by atoms with E-state index in [1.807, 2.05) is 60.7 Å². The van der Waals surface area contributed by atoms with Crippen molar-refractivity contribution in [3.05, 3.63) is 89.1 Å². The van der Waals surface area contributed by atoms with Crippen LogP contribution in [0.3, 0.4) is 0 Å². The van der Waals surface area contributed by atoms with Gasteiger partial charge in [0.2, 0.25) is 0 Å². The molecular weight excluding hydrogens is 342 g/mol. The van der Waals surface area contributed by atoms with E-state index in [-0.39, 0.29) is 5.91 Å². The van der Waals surface area contributed by atoms with Gasteiger partial charge in [-0.3, -0.25) is 9.78 Å². The second-order valence-corrected chi connectivity index (χ2v) is 6.19. The number of amides is 1. The van der Waals surface area contributed by atoms with E-state index < -0.39 is 0 Å². The van der Waals surface area contributed by atoms with Crippen molar-refractivity contribution in [3.8, 4) is 11.3 Å². The molecule has 4 rings (SSSR count). The fourth-order valence-electron chi connectivity index (χ4n) is 2.86. The topological polar surface area (TPSA) is 57.8 Å². The Morgan fingerprint density at radius 3 is 2.42 bits per heavy atom. The highest BCUT2D eigenvalue weighted by atomic mass is 32.1. The molecule has 0 radical (unpaired) electrons. The van der Waals surface area contributed by atoms with Crippen LogP contribution in [-0.2, 0) is 0 Å². The number of aromatic nitrogens is 2. The third-order valence-electron chi connectivity index (χ3n) is 4.10. The van der Waals surface area contributed by atoms with Crippen LogP contribution >= 0.6 is 12.2 Å². The molecule has 0 bridgehead atoms. The van der Waals surface area contributed by atoms with E-state index in [0.717, 1.165) is 10.9 Å². The van der Waals surface area contributed by atoms with Crippen molar-refractivity contribution in [2.45, 2.75) is 0 Å². The predicted molar refractivity (Wildman–Crippen MR) is 107 cm³/mol. The molecule has 2 aromatic heterocycles. The first-order valence-electron chi connectivity index (χ1n) is 8.17. The molecule has 0 spiro atoms. The summed E-state index contributed by atoms with van der Waals surface area (Å²) in [4.78, 5) is 20.4. The predicted octanol–water partition coefficient (Wildman–Crippen LogP) is 5.21. The van der Waals surface area contributed by atoms with Gasteiger partial charge in [-0.2, -0.15) is 0 Å². The number of aromatic amines is 1. The number of H-pyrrole nitrogens is 1. The van der Waals surface area contributed by atoms with Crippen LogP contribution in [0.25, 0.3) is 22.2 Å². The lowest BCUT2D eigenvalue weighted by Gasteiger charge is -2.13. The Hall–Kier alpha value is -3.31. The molecule has 0 aliphatic heterocycles. The van der Waals surface area contributed by atoms with Crippen LogP contribution in [0.4, 0.5) is 5.82 Å². The van der Waals surface area contributed by atoms with Gasteiger partial charge in [-0.25, -0.2) is 0 Å². The maximum atomic E-state index is 12.7. The smallest absolute Gasteiger partial charge is 0.256 e. The standard InChI is InChI=1S/C21H15N3OS/c25-21(14-8-2-1-3-9-14)24-20-18(17-12-6-7-13-22-17)19(26)15-10-4-5-11-16(15)23-20/h1-13H,(H2,23,24,25,26). The SMILES string of the molecule is O=C(Nc1[nH]c2ccccc2c(=S)c1-c1ccccn1)c1ccccc1. The Balaban J connectivity index is 1.90. The van der Waals surface area contributed by atoms with E-state index in [1.54, 1.807) is 18.3 Å². The quantitative estimate of drug-likeness (QED) is 0.495. The molecule has 2 N–H and O–H groups in total. The van der Waals surface area contributed by atoms with Gasteiger partial charge in [-0.1, -0.05) is 54.7 Å². The fraction of sp³-hybridized carbons (Fsp3) is 0. The molecule has 0 unspecified atom stereocenters. The molecule has 0 fully saturated rings. The summed E-state index contributed by atoms with van der Waals surface area (Å²) in [5, 5.41) is 3.87. The van der Waals surface area contributed by atoms with E-state index in [1.165, 1.54) is 0 Å². The lowest BCUT2D eigenvalue weighted by atomic mass is 10.1. The maximum absolute atomic E-state index is 12.7. The van der Waals surface area contributed by atoms with Crippen LogP contribution in [0.2, 0.25) is 0 Å². The molecule has 4 nitrogen and oxygen atoms in total. The minimum atomic E-state index is -0.205. The Kier molecular flexibility index (Phi) is 4.29. The molecule has 26 heavy (non-hydrogen) atoms. The number of pyridine rings is 2. The molecule has 2 heterocycles. The van der Waals surface area contributed by atoms with Gasteiger partial charge in [0.25, 0.3) is 5.91 Å². The van der Waals surface area contributed by atoms with Gasteiger partial charge in [0.1, 0.15) is 5.82 Å². The van der Waals surface area contributed by atoms with E-state index >= 15 is 0 Å². The van der Waals surface area contributed by atoms with E-state index in [0.29, 0.717) is 27.1 Å². The number of carbonyl (C=O) groups is 1. The molecule has 0 atom stereocenters. The van der Waals surface area contributed by atoms with Crippen molar-refractivity contribution in [2.75, 3.05) is 5.32 Å². The molecular formula is C21H15N3OS. The van der Waals surface area contributed by atoms with Crippen molar-refractivity contribution in [1.82, 2.24) is 9.97 Å². The minimum Gasteiger partial charge on any atom is -0.341 e. The minimum absolute atomic E-state index is 0.205. The number of para-hydroxylation sites is 1. The molecule has 0 saturated carbocycles. The third-order valence-corrected chi connectivity index (χ3v) is 4.53. The van der Waals surface area contributed by atoms with Crippen LogP contribution in [0.1, 0.15) is 10.4 Å². The van der Waals surface area contributed by atoms with E-state index in [4.69, 9.17) is 12.2 Å². The number of nitrogens with zero attached hydrogens (tertiary/aromatic N) is 1. The molecule has 0 saturated heterocycles. The summed E-state index contributed by atoms with van der Waals surface area (Å²) >= 11 is 5.72. The number of hydrogen-bond acceptors (Lipinski definition) is 3. The molecule has 126 valence electrons. The van der Waals surface area contributed by atoms with Gasteiger partial charge in [0, 0.05) is 22.7 Å². The Morgan fingerprint density at radius 2 is 1.65 bits per heavy atom. The summed E-state index contributed by atoms with van der Waals surface area (Å²) in [6, 6.07) is 22.5. The number of carbonyl (C=O) groups excluding carboxylic acids is 1. The highest BCUT2D eigenvalue weighted by Gasteiger charge is 2.15. The van der Waals surface area contributed by atoms with Gasteiger partial charge >= 0.3 is 0 Å². The van der Waals surface area contributed by atoms with Crippen LogP contribution in [-0.4, -0.2) is 15.9 Å². The van der Waals surface area contributed by atoms with Crippen molar-refractivity contribution in [2.24, 2.45) is 0 Å².